The fourth-order valence-corrected chi connectivity index (χ4v) is 2.13. The third kappa shape index (κ3) is 2.99. The lowest BCUT2D eigenvalue weighted by atomic mass is 9.98. The predicted molar refractivity (Wildman–Crippen MR) is 60.3 cm³/mol. The number of carbonyl (C=O) groups is 1. The number of hydrogen-bond acceptors (Lipinski definition) is 3. The minimum absolute atomic E-state index is 0.0389. The first-order valence-electron chi connectivity index (χ1n) is 5.97. The van der Waals surface area contributed by atoms with E-state index in [4.69, 9.17) is 9.47 Å². The quantitative estimate of drug-likeness (QED) is 0.632. The molecule has 0 amide bonds. The van der Waals surface area contributed by atoms with Gasteiger partial charge in [0.05, 0.1) is 18.8 Å². The van der Waals surface area contributed by atoms with Crippen molar-refractivity contribution in [2.45, 2.75) is 24.8 Å². The lowest BCUT2D eigenvalue weighted by Gasteiger charge is -2.28. The van der Waals surface area contributed by atoms with Gasteiger partial charge in [0.2, 0.25) is 0 Å². The number of ether oxygens (including phenoxy) is 2. The minimum Gasteiger partial charge on any atom is -0.343 e. The molecule has 1 aliphatic heterocycles. The molecule has 0 spiro atoms. The second-order valence-corrected chi connectivity index (χ2v) is 4.38. The highest BCUT2D eigenvalue weighted by Crippen LogP contribution is 2.39. The molecule has 0 aliphatic carbocycles. The zero-order valence-electron chi connectivity index (χ0n) is 10.4. The molecule has 0 atom stereocenters. The van der Waals surface area contributed by atoms with E-state index in [2.05, 4.69) is 0 Å². The fraction of sp³-hybridized carbons (Fsp3) is 0.462. The molecule has 0 N–H and O–H groups in total. The largest absolute Gasteiger partial charge is 0.416 e. The van der Waals surface area contributed by atoms with Gasteiger partial charge in [0.1, 0.15) is 12.1 Å². The molecule has 1 fully saturated rings. The standard InChI is InChI=1S/C13H12F4O3/c14-11-7-9(6-10(8-11)13(15,16)17)12(2-1-3-18)19-4-5-20-12/h3,6-8H,1-2,4-5H2. The van der Waals surface area contributed by atoms with Crippen molar-refractivity contribution in [3.05, 3.63) is 35.1 Å². The summed E-state index contributed by atoms with van der Waals surface area (Å²) in [5.74, 6) is -2.51. The van der Waals surface area contributed by atoms with E-state index in [1.54, 1.807) is 0 Å². The molecular weight excluding hydrogens is 280 g/mol. The Labute approximate surface area is 112 Å². The van der Waals surface area contributed by atoms with Crippen LogP contribution in [0.4, 0.5) is 17.6 Å². The predicted octanol–water partition coefficient (Wildman–Crippen LogP) is 3.02. The van der Waals surface area contributed by atoms with Crippen LogP contribution in [0.2, 0.25) is 0 Å². The van der Waals surface area contributed by atoms with Crippen molar-refractivity contribution < 1.29 is 31.8 Å². The minimum atomic E-state index is -4.67. The summed E-state index contributed by atoms with van der Waals surface area (Å²) in [6.07, 6.45) is -3.98. The molecule has 3 nitrogen and oxygen atoms in total. The van der Waals surface area contributed by atoms with Crippen molar-refractivity contribution in [1.29, 1.82) is 0 Å². The number of hydrogen-bond donors (Lipinski definition) is 0. The molecule has 0 aromatic heterocycles. The van der Waals surface area contributed by atoms with Gasteiger partial charge in [-0.1, -0.05) is 0 Å². The first-order valence-corrected chi connectivity index (χ1v) is 5.97. The average Bonchev–Trinajstić information content (AvgIpc) is 2.84. The Bertz CT molecular complexity index is 493. The molecule has 1 saturated heterocycles. The Morgan fingerprint density at radius 1 is 1.20 bits per heavy atom. The summed E-state index contributed by atoms with van der Waals surface area (Å²) < 4.78 is 62.2. The summed E-state index contributed by atoms with van der Waals surface area (Å²) in [4.78, 5) is 10.5. The Balaban J connectivity index is 2.43. The smallest absolute Gasteiger partial charge is 0.343 e. The van der Waals surface area contributed by atoms with Crippen molar-refractivity contribution in [3.63, 3.8) is 0 Å². The zero-order valence-corrected chi connectivity index (χ0v) is 10.4. The molecular formula is C13H12F4O3. The van der Waals surface area contributed by atoms with E-state index in [9.17, 15) is 22.4 Å². The van der Waals surface area contributed by atoms with Gasteiger partial charge in [0, 0.05) is 18.4 Å². The maximum atomic E-state index is 13.4. The number of alkyl halides is 3. The van der Waals surface area contributed by atoms with Gasteiger partial charge in [0.15, 0.2) is 5.79 Å². The van der Waals surface area contributed by atoms with Crippen LogP contribution in [0.15, 0.2) is 18.2 Å². The maximum absolute atomic E-state index is 13.4. The molecule has 0 unspecified atom stereocenters. The van der Waals surface area contributed by atoms with E-state index in [1.807, 2.05) is 0 Å². The molecule has 1 heterocycles. The number of carbonyl (C=O) groups excluding carboxylic acids is 1. The second-order valence-electron chi connectivity index (χ2n) is 4.38. The molecule has 20 heavy (non-hydrogen) atoms. The van der Waals surface area contributed by atoms with Crippen molar-refractivity contribution in [1.82, 2.24) is 0 Å². The van der Waals surface area contributed by atoms with Crippen molar-refractivity contribution in [2.75, 3.05) is 13.2 Å². The van der Waals surface area contributed by atoms with E-state index in [0.717, 1.165) is 12.1 Å². The molecule has 1 aliphatic rings. The van der Waals surface area contributed by atoms with E-state index in [1.165, 1.54) is 0 Å². The van der Waals surface area contributed by atoms with Crippen LogP contribution in [0.1, 0.15) is 24.0 Å². The topological polar surface area (TPSA) is 35.5 Å². The van der Waals surface area contributed by atoms with Gasteiger partial charge in [-0.25, -0.2) is 4.39 Å². The summed E-state index contributed by atoms with van der Waals surface area (Å²) in [6.45, 7) is 0.355. The molecule has 1 aromatic rings. The van der Waals surface area contributed by atoms with Gasteiger partial charge in [-0.3, -0.25) is 0 Å². The van der Waals surface area contributed by atoms with Gasteiger partial charge in [0.25, 0.3) is 0 Å². The maximum Gasteiger partial charge on any atom is 0.416 e. The van der Waals surface area contributed by atoms with Crippen LogP contribution < -0.4 is 0 Å². The van der Waals surface area contributed by atoms with Crippen LogP contribution in [0.3, 0.4) is 0 Å². The number of halogens is 4. The Kier molecular flexibility index (Phi) is 4.10. The van der Waals surface area contributed by atoms with Gasteiger partial charge in [-0.2, -0.15) is 13.2 Å². The molecule has 1 aromatic carbocycles. The van der Waals surface area contributed by atoms with Crippen molar-refractivity contribution in [3.8, 4) is 0 Å². The van der Waals surface area contributed by atoms with Crippen molar-refractivity contribution >= 4 is 6.29 Å². The third-order valence-corrected chi connectivity index (χ3v) is 3.01. The first kappa shape index (κ1) is 14.9. The summed E-state index contributed by atoms with van der Waals surface area (Å²) in [6, 6.07) is 2.14. The summed E-state index contributed by atoms with van der Waals surface area (Å²) in [5.41, 5.74) is -1.18. The number of benzene rings is 1. The normalized spacial score (nSPS) is 18.2. The summed E-state index contributed by atoms with van der Waals surface area (Å²) in [7, 11) is 0. The molecule has 110 valence electrons. The van der Waals surface area contributed by atoms with Gasteiger partial charge in [-0.05, 0) is 18.2 Å². The van der Waals surface area contributed by atoms with Crippen molar-refractivity contribution in [2.24, 2.45) is 0 Å². The lowest BCUT2D eigenvalue weighted by molar-refractivity contribution is -0.172. The molecule has 7 heteroatoms. The SMILES string of the molecule is O=CCCC1(c2cc(F)cc(C(F)(F)F)c2)OCCO1. The van der Waals surface area contributed by atoms with Gasteiger partial charge < -0.3 is 14.3 Å². The van der Waals surface area contributed by atoms with Crippen LogP contribution in [-0.4, -0.2) is 19.5 Å². The second kappa shape index (κ2) is 5.49. The average molecular weight is 292 g/mol. The highest BCUT2D eigenvalue weighted by atomic mass is 19.4. The van der Waals surface area contributed by atoms with Gasteiger partial charge >= 0.3 is 6.18 Å². The van der Waals surface area contributed by atoms with E-state index < -0.39 is 23.3 Å². The first-order chi connectivity index (χ1) is 9.37. The van der Waals surface area contributed by atoms with Crippen LogP contribution in [0.25, 0.3) is 0 Å². The summed E-state index contributed by atoms with van der Waals surface area (Å²) >= 11 is 0. The van der Waals surface area contributed by atoms with E-state index in [0.29, 0.717) is 12.4 Å². The van der Waals surface area contributed by atoms with E-state index in [-0.39, 0.29) is 31.6 Å². The van der Waals surface area contributed by atoms with Gasteiger partial charge in [-0.15, -0.1) is 0 Å². The molecule has 2 rings (SSSR count). The van der Waals surface area contributed by atoms with E-state index >= 15 is 0 Å². The highest BCUT2D eigenvalue weighted by molar-refractivity contribution is 5.49. The van der Waals surface area contributed by atoms with Crippen LogP contribution in [0.5, 0.6) is 0 Å². The third-order valence-electron chi connectivity index (χ3n) is 3.01. The van der Waals surface area contributed by atoms with Crippen LogP contribution in [0, 0.1) is 5.82 Å². The number of rotatable bonds is 4. The summed E-state index contributed by atoms with van der Waals surface area (Å²) in [5, 5.41) is 0. The monoisotopic (exact) mass is 292 g/mol. The Morgan fingerprint density at radius 3 is 2.40 bits per heavy atom. The Hall–Kier alpha value is -1.47. The molecule has 0 radical (unpaired) electrons. The highest BCUT2D eigenvalue weighted by Gasteiger charge is 2.40. The fourth-order valence-electron chi connectivity index (χ4n) is 2.13. The number of aldehydes is 1. The van der Waals surface area contributed by atoms with Crippen LogP contribution in [-0.2, 0) is 26.2 Å². The molecule has 0 bridgehead atoms. The lowest BCUT2D eigenvalue weighted by Crippen LogP contribution is -2.28. The molecule has 0 saturated carbocycles. The Morgan fingerprint density at radius 2 is 1.85 bits per heavy atom. The van der Waals surface area contributed by atoms with Crippen LogP contribution >= 0.6 is 0 Å². The zero-order chi connectivity index (χ0) is 14.8.